The molecule has 0 radical (unpaired) electrons. The number of halogens is 1. The van der Waals surface area contributed by atoms with E-state index in [2.05, 4.69) is 6.58 Å². The minimum Gasteiger partial charge on any atom is -0.388 e. The molecule has 0 aliphatic heterocycles. The lowest BCUT2D eigenvalue weighted by molar-refractivity contribution is 0.209. The molecule has 2 heteroatoms. The van der Waals surface area contributed by atoms with Gasteiger partial charge in [-0.3, -0.25) is 0 Å². The van der Waals surface area contributed by atoms with Gasteiger partial charge in [0.25, 0.3) is 0 Å². The van der Waals surface area contributed by atoms with Gasteiger partial charge in [-0.2, -0.15) is 0 Å². The molecule has 0 aromatic heterocycles. The Hall–Kier alpha value is -0.530. The van der Waals surface area contributed by atoms with Crippen molar-refractivity contribution >= 4 is 11.6 Å². The van der Waals surface area contributed by atoms with Crippen LogP contribution in [0, 0.1) is 0 Å². The number of aliphatic hydroxyl groups is 1. The standard InChI is InChI=1S/C11H17ClO.C2H6/c1-5-9(12)7-10(8(3)4)11(13)6-2;1-2/h5,7,11,13H,3,6H2,1-2,4H3;1-2H3/b9-5+,10-7+;. The van der Waals surface area contributed by atoms with Crippen molar-refractivity contribution in [2.45, 2.75) is 47.1 Å². The van der Waals surface area contributed by atoms with Crippen LogP contribution in [0.25, 0.3) is 0 Å². The van der Waals surface area contributed by atoms with Crippen molar-refractivity contribution in [1.82, 2.24) is 0 Å². The molecule has 0 spiro atoms. The Bertz CT molecular complexity index is 239. The SMILES string of the molecule is C=C(C)/C(=C\C(Cl)=C/C)C(O)CC.CC. The number of rotatable bonds is 4. The fraction of sp³-hybridized carbons (Fsp3) is 0.538. The first kappa shape index (κ1) is 16.9. The fourth-order valence-corrected chi connectivity index (χ4v) is 1.07. The van der Waals surface area contributed by atoms with Gasteiger partial charge >= 0.3 is 0 Å². The van der Waals surface area contributed by atoms with Gasteiger partial charge in [0.1, 0.15) is 0 Å². The topological polar surface area (TPSA) is 20.2 Å². The molecule has 0 rings (SSSR count). The van der Waals surface area contributed by atoms with Crippen molar-refractivity contribution in [3.05, 3.63) is 34.9 Å². The van der Waals surface area contributed by atoms with Gasteiger partial charge in [0.2, 0.25) is 0 Å². The number of hydrogen-bond acceptors (Lipinski definition) is 1. The summed E-state index contributed by atoms with van der Waals surface area (Å²) in [5.41, 5.74) is 1.67. The van der Waals surface area contributed by atoms with Crippen LogP contribution in [-0.2, 0) is 0 Å². The van der Waals surface area contributed by atoms with Crippen LogP contribution in [0.5, 0.6) is 0 Å². The Morgan fingerprint density at radius 2 is 1.93 bits per heavy atom. The molecule has 0 aliphatic carbocycles. The molecule has 0 bridgehead atoms. The first-order chi connectivity index (χ1) is 7.02. The van der Waals surface area contributed by atoms with E-state index in [1.54, 1.807) is 12.2 Å². The summed E-state index contributed by atoms with van der Waals surface area (Å²) >= 11 is 5.84. The van der Waals surface area contributed by atoms with E-state index in [9.17, 15) is 5.11 Å². The lowest BCUT2D eigenvalue weighted by Gasteiger charge is -2.12. The van der Waals surface area contributed by atoms with E-state index in [1.807, 2.05) is 34.6 Å². The van der Waals surface area contributed by atoms with E-state index in [0.717, 1.165) is 11.1 Å². The number of allylic oxidation sites excluding steroid dienone is 3. The minimum absolute atomic E-state index is 0.466. The number of aliphatic hydroxyl groups excluding tert-OH is 1. The van der Waals surface area contributed by atoms with Crippen LogP contribution in [0.1, 0.15) is 41.0 Å². The average Bonchev–Trinajstić information content (AvgIpc) is 2.26. The third-order valence-corrected chi connectivity index (χ3v) is 2.13. The normalized spacial score (nSPS) is 14.1. The molecule has 1 unspecified atom stereocenters. The summed E-state index contributed by atoms with van der Waals surface area (Å²) in [5, 5.41) is 10.2. The van der Waals surface area contributed by atoms with E-state index in [4.69, 9.17) is 11.6 Å². The summed E-state index contributed by atoms with van der Waals surface area (Å²) < 4.78 is 0. The molecule has 88 valence electrons. The maximum Gasteiger partial charge on any atom is 0.0790 e. The van der Waals surface area contributed by atoms with Gasteiger partial charge < -0.3 is 5.11 Å². The third kappa shape index (κ3) is 7.40. The first-order valence-corrected chi connectivity index (χ1v) is 5.78. The monoisotopic (exact) mass is 230 g/mol. The Morgan fingerprint density at radius 1 is 1.47 bits per heavy atom. The first-order valence-electron chi connectivity index (χ1n) is 5.40. The molecule has 1 nitrogen and oxygen atoms in total. The van der Waals surface area contributed by atoms with Crippen molar-refractivity contribution in [3.63, 3.8) is 0 Å². The summed E-state index contributed by atoms with van der Waals surface area (Å²) in [6.07, 6.45) is 3.75. The van der Waals surface area contributed by atoms with Crippen LogP contribution in [0.15, 0.2) is 34.9 Å². The van der Waals surface area contributed by atoms with Crippen LogP contribution >= 0.6 is 11.6 Å². The van der Waals surface area contributed by atoms with Gasteiger partial charge in [0, 0.05) is 5.03 Å². The van der Waals surface area contributed by atoms with E-state index in [0.29, 0.717) is 11.5 Å². The third-order valence-electron chi connectivity index (χ3n) is 1.81. The predicted molar refractivity (Wildman–Crippen MR) is 70.2 cm³/mol. The summed E-state index contributed by atoms with van der Waals surface area (Å²) in [4.78, 5) is 0. The van der Waals surface area contributed by atoms with Crippen LogP contribution < -0.4 is 0 Å². The Kier molecular flexibility index (Phi) is 11.3. The lowest BCUT2D eigenvalue weighted by Crippen LogP contribution is -2.09. The predicted octanol–water partition coefficient (Wildman–Crippen LogP) is 4.43. The molecule has 0 saturated carbocycles. The van der Waals surface area contributed by atoms with Gasteiger partial charge in [-0.15, -0.1) is 0 Å². The molecule has 0 aliphatic rings. The molecular formula is C13H23ClO. The van der Waals surface area contributed by atoms with Crippen LogP contribution in [0.4, 0.5) is 0 Å². The van der Waals surface area contributed by atoms with Crippen molar-refractivity contribution in [2.75, 3.05) is 0 Å². The summed E-state index contributed by atoms with van der Waals surface area (Å²) in [6, 6.07) is 0. The quantitative estimate of drug-likeness (QED) is 0.709. The van der Waals surface area contributed by atoms with E-state index < -0.39 is 6.10 Å². The van der Waals surface area contributed by atoms with Gasteiger partial charge in [-0.25, -0.2) is 0 Å². The van der Waals surface area contributed by atoms with Gasteiger partial charge in [0.05, 0.1) is 6.10 Å². The highest BCUT2D eigenvalue weighted by atomic mass is 35.5. The maximum atomic E-state index is 9.62. The van der Waals surface area contributed by atoms with E-state index in [-0.39, 0.29) is 0 Å². The van der Waals surface area contributed by atoms with Crippen molar-refractivity contribution in [2.24, 2.45) is 0 Å². The minimum atomic E-state index is -0.466. The zero-order valence-corrected chi connectivity index (χ0v) is 11.2. The van der Waals surface area contributed by atoms with Crippen molar-refractivity contribution < 1.29 is 5.11 Å². The molecule has 0 aromatic rings. The Labute approximate surface area is 99.2 Å². The highest BCUT2D eigenvalue weighted by Crippen LogP contribution is 2.18. The molecular weight excluding hydrogens is 208 g/mol. The smallest absolute Gasteiger partial charge is 0.0790 e. The lowest BCUT2D eigenvalue weighted by atomic mass is 10.0. The highest BCUT2D eigenvalue weighted by molar-refractivity contribution is 6.31. The Balaban J connectivity index is 0. The summed E-state index contributed by atoms with van der Waals surface area (Å²) in [7, 11) is 0. The van der Waals surface area contributed by atoms with Crippen molar-refractivity contribution in [1.29, 1.82) is 0 Å². The van der Waals surface area contributed by atoms with Crippen LogP contribution in [-0.4, -0.2) is 11.2 Å². The summed E-state index contributed by atoms with van der Waals surface area (Å²) in [5.74, 6) is 0. The molecule has 1 N–H and O–H groups in total. The van der Waals surface area contributed by atoms with Crippen molar-refractivity contribution in [3.8, 4) is 0 Å². The van der Waals surface area contributed by atoms with Gasteiger partial charge in [-0.1, -0.05) is 50.6 Å². The Morgan fingerprint density at radius 3 is 2.20 bits per heavy atom. The zero-order valence-electron chi connectivity index (χ0n) is 10.5. The molecule has 0 amide bonds. The zero-order chi connectivity index (χ0) is 12.4. The molecule has 0 fully saturated rings. The van der Waals surface area contributed by atoms with Gasteiger partial charge in [0.15, 0.2) is 0 Å². The van der Waals surface area contributed by atoms with Gasteiger partial charge in [-0.05, 0) is 31.9 Å². The van der Waals surface area contributed by atoms with Crippen LogP contribution in [0.2, 0.25) is 0 Å². The second kappa shape index (κ2) is 10.0. The maximum absolute atomic E-state index is 9.62. The highest BCUT2D eigenvalue weighted by Gasteiger charge is 2.08. The summed E-state index contributed by atoms with van der Waals surface area (Å²) in [6.45, 7) is 13.4. The fourth-order valence-electron chi connectivity index (χ4n) is 0.956. The molecule has 0 saturated heterocycles. The molecule has 15 heavy (non-hydrogen) atoms. The second-order valence-corrected chi connectivity index (χ2v) is 3.41. The molecule has 0 heterocycles. The molecule has 0 aromatic carbocycles. The second-order valence-electron chi connectivity index (χ2n) is 2.98. The van der Waals surface area contributed by atoms with Crippen LogP contribution in [0.3, 0.4) is 0 Å². The number of hydrogen-bond donors (Lipinski definition) is 1. The largest absolute Gasteiger partial charge is 0.388 e. The van der Waals surface area contributed by atoms with E-state index >= 15 is 0 Å². The average molecular weight is 231 g/mol. The molecule has 1 atom stereocenters. The van der Waals surface area contributed by atoms with E-state index in [1.165, 1.54) is 0 Å².